The van der Waals surface area contributed by atoms with Gasteiger partial charge in [-0.15, -0.1) is 10.2 Å². The third-order valence-corrected chi connectivity index (χ3v) is 4.90. The number of benzene rings is 1. The number of halogens is 1. The molecule has 1 unspecified atom stereocenters. The van der Waals surface area contributed by atoms with Gasteiger partial charge in [0.15, 0.2) is 11.0 Å². The normalized spacial score (nSPS) is 17.3. The van der Waals surface area contributed by atoms with Gasteiger partial charge in [-0.05, 0) is 36.8 Å². The van der Waals surface area contributed by atoms with Crippen LogP contribution < -0.4 is 9.80 Å². The second kappa shape index (κ2) is 7.91. The zero-order valence-corrected chi connectivity index (χ0v) is 16.1. The minimum absolute atomic E-state index is 0.163. The fourth-order valence-corrected chi connectivity index (χ4v) is 3.29. The molecule has 1 aliphatic rings. The summed E-state index contributed by atoms with van der Waals surface area (Å²) in [5.41, 5.74) is 2.17. The number of piperazine rings is 1. The Bertz CT molecular complexity index is 748. The maximum absolute atomic E-state index is 12.7. The smallest absolute Gasteiger partial charge is 0.227 e. The topological polar surface area (TPSA) is 52.6 Å². The van der Waals surface area contributed by atoms with Crippen LogP contribution >= 0.6 is 11.6 Å². The minimum atomic E-state index is 0.163. The average Bonchev–Trinajstić information content (AvgIpc) is 2.63. The van der Waals surface area contributed by atoms with Crippen LogP contribution in [0.1, 0.15) is 12.5 Å². The molecule has 2 heterocycles. The summed E-state index contributed by atoms with van der Waals surface area (Å²) in [6.45, 7) is 4.20. The number of carbonyl (C=O) groups is 1. The number of nitrogens with zero attached hydrogens (tertiary/aromatic N) is 5. The molecule has 1 atom stereocenters. The molecule has 1 fully saturated rings. The first-order chi connectivity index (χ1) is 12.4. The molecule has 3 rings (SSSR count). The Labute approximate surface area is 159 Å². The number of aromatic nitrogens is 2. The molecule has 7 heteroatoms. The van der Waals surface area contributed by atoms with Gasteiger partial charge in [0.1, 0.15) is 0 Å². The van der Waals surface area contributed by atoms with E-state index in [1.807, 2.05) is 54.2 Å². The minimum Gasteiger partial charge on any atom is -0.378 e. The SMILES string of the molecule is CC1CN(C(=O)Cc2ccc(N(C)C)cc2)CCN1c1ccc(Cl)nn1. The van der Waals surface area contributed by atoms with Crippen molar-refractivity contribution in [2.45, 2.75) is 19.4 Å². The Kier molecular flexibility index (Phi) is 5.61. The van der Waals surface area contributed by atoms with Crippen LogP contribution in [0.2, 0.25) is 5.15 Å². The lowest BCUT2D eigenvalue weighted by atomic mass is 10.1. The maximum atomic E-state index is 12.7. The number of amides is 1. The quantitative estimate of drug-likeness (QED) is 0.824. The van der Waals surface area contributed by atoms with E-state index < -0.39 is 0 Å². The van der Waals surface area contributed by atoms with Crippen molar-refractivity contribution in [3.8, 4) is 0 Å². The van der Waals surface area contributed by atoms with E-state index in [2.05, 4.69) is 22.0 Å². The zero-order chi connectivity index (χ0) is 18.7. The maximum Gasteiger partial charge on any atom is 0.227 e. The number of hydrogen-bond acceptors (Lipinski definition) is 5. The Balaban J connectivity index is 1.59. The van der Waals surface area contributed by atoms with Gasteiger partial charge in [0.05, 0.1) is 6.42 Å². The van der Waals surface area contributed by atoms with Crippen LogP contribution in [0.3, 0.4) is 0 Å². The molecule has 1 amide bonds. The van der Waals surface area contributed by atoms with E-state index in [1.165, 1.54) is 0 Å². The number of rotatable bonds is 4. The molecule has 6 nitrogen and oxygen atoms in total. The molecule has 0 saturated carbocycles. The van der Waals surface area contributed by atoms with Crippen molar-refractivity contribution < 1.29 is 4.79 Å². The molecule has 0 spiro atoms. The largest absolute Gasteiger partial charge is 0.378 e. The second-order valence-electron chi connectivity index (χ2n) is 6.83. The van der Waals surface area contributed by atoms with Gasteiger partial charge in [-0.2, -0.15) is 0 Å². The van der Waals surface area contributed by atoms with E-state index in [0.717, 1.165) is 23.6 Å². The first-order valence-corrected chi connectivity index (χ1v) is 9.12. The molecule has 138 valence electrons. The van der Waals surface area contributed by atoms with Crippen LogP contribution in [0.15, 0.2) is 36.4 Å². The highest BCUT2D eigenvalue weighted by molar-refractivity contribution is 6.29. The summed E-state index contributed by atoms with van der Waals surface area (Å²) in [6, 6.07) is 11.9. The molecule has 26 heavy (non-hydrogen) atoms. The lowest BCUT2D eigenvalue weighted by molar-refractivity contribution is -0.131. The molecule has 0 aliphatic carbocycles. The monoisotopic (exact) mass is 373 g/mol. The standard InChI is InChI=1S/C19H24ClN5O/c1-14-13-24(10-11-25(14)18-9-8-17(20)21-22-18)19(26)12-15-4-6-16(7-5-15)23(2)3/h4-9,14H,10-13H2,1-3H3. The highest BCUT2D eigenvalue weighted by atomic mass is 35.5. The van der Waals surface area contributed by atoms with Gasteiger partial charge >= 0.3 is 0 Å². The van der Waals surface area contributed by atoms with Gasteiger partial charge in [0.2, 0.25) is 5.91 Å². The van der Waals surface area contributed by atoms with Gasteiger partial charge < -0.3 is 14.7 Å². The molecular weight excluding hydrogens is 350 g/mol. The first-order valence-electron chi connectivity index (χ1n) is 8.74. The molecule has 1 saturated heterocycles. The number of anilines is 2. The van der Waals surface area contributed by atoms with E-state index in [4.69, 9.17) is 11.6 Å². The van der Waals surface area contributed by atoms with E-state index >= 15 is 0 Å². The Morgan fingerprint density at radius 1 is 1.15 bits per heavy atom. The zero-order valence-electron chi connectivity index (χ0n) is 15.4. The van der Waals surface area contributed by atoms with E-state index in [0.29, 0.717) is 24.7 Å². The fraction of sp³-hybridized carbons (Fsp3) is 0.421. The van der Waals surface area contributed by atoms with Gasteiger partial charge in [-0.25, -0.2) is 0 Å². The Hall–Kier alpha value is -2.34. The lowest BCUT2D eigenvalue weighted by Gasteiger charge is -2.40. The van der Waals surface area contributed by atoms with Crippen molar-refractivity contribution in [1.82, 2.24) is 15.1 Å². The van der Waals surface area contributed by atoms with Crippen LogP contribution in [0.4, 0.5) is 11.5 Å². The molecule has 0 bridgehead atoms. The average molecular weight is 374 g/mol. The van der Waals surface area contributed by atoms with Gasteiger partial charge in [-0.1, -0.05) is 23.7 Å². The van der Waals surface area contributed by atoms with Gasteiger partial charge in [0, 0.05) is 45.5 Å². The molecular formula is C19H24ClN5O. The van der Waals surface area contributed by atoms with Crippen molar-refractivity contribution in [1.29, 1.82) is 0 Å². The van der Waals surface area contributed by atoms with Crippen molar-refractivity contribution >= 4 is 29.0 Å². The Morgan fingerprint density at radius 3 is 2.46 bits per heavy atom. The summed E-state index contributed by atoms with van der Waals surface area (Å²) in [5, 5.41) is 8.44. The van der Waals surface area contributed by atoms with Crippen LogP contribution in [0.5, 0.6) is 0 Å². The number of hydrogen-bond donors (Lipinski definition) is 0. The fourth-order valence-electron chi connectivity index (χ4n) is 3.19. The van der Waals surface area contributed by atoms with E-state index in [1.54, 1.807) is 6.07 Å². The third kappa shape index (κ3) is 4.25. The number of carbonyl (C=O) groups excluding carboxylic acids is 1. The third-order valence-electron chi connectivity index (χ3n) is 4.70. The molecule has 2 aromatic rings. The molecule has 0 N–H and O–H groups in total. The Morgan fingerprint density at radius 2 is 1.88 bits per heavy atom. The summed E-state index contributed by atoms with van der Waals surface area (Å²) in [6.07, 6.45) is 0.432. The second-order valence-corrected chi connectivity index (χ2v) is 7.22. The van der Waals surface area contributed by atoms with Crippen LogP contribution in [0, 0.1) is 0 Å². The van der Waals surface area contributed by atoms with E-state index in [-0.39, 0.29) is 11.9 Å². The molecule has 1 aromatic carbocycles. The van der Waals surface area contributed by atoms with Crippen molar-refractivity contribution in [3.05, 3.63) is 47.1 Å². The van der Waals surface area contributed by atoms with Crippen LogP contribution in [-0.4, -0.2) is 60.8 Å². The predicted molar refractivity (Wildman–Crippen MR) is 105 cm³/mol. The van der Waals surface area contributed by atoms with Crippen LogP contribution in [0.25, 0.3) is 0 Å². The molecule has 1 aromatic heterocycles. The summed E-state index contributed by atoms with van der Waals surface area (Å²) in [4.78, 5) is 18.8. The summed E-state index contributed by atoms with van der Waals surface area (Å²) in [5.74, 6) is 0.963. The van der Waals surface area contributed by atoms with Gasteiger partial charge in [0.25, 0.3) is 0 Å². The molecule has 0 radical (unpaired) electrons. The van der Waals surface area contributed by atoms with Gasteiger partial charge in [-0.3, -0.25) is 4.79 Å². The summed E-state index contributed by atoms with van der Waals surface area (Å²) >= 11 is 5.81. The van der Waals surface area contributed by atoms with Crippen molar-refractivity contribution in [2.24, 2.45) is 0 Å². The van der Waals surface area contributed by atoms with E-state index in [9.17, 15) is 4.79 Å². The highest BCUT2D eigenvalue weighted by Crippen LogP contribution is 2.20. The van der Waals surface area contributed by atoms with Crippen molar-refractivity contribution in [2.75, 3.05) is 43.5 Å². The predicted octanol–water partition coefficient (Wildman–Crippen LogP) is 2.48. The first kappa shape index (κ1) is 18.5. The summed E-state index contributed by atoms with van der Waals surface area (Å²) in [7, 11) is 4.01. The van der Waals surface area contributed by atoms with Crippen molar-refractivity contribution in [3.63, 3.8) is 0 Å². The molecule has 1 aliphatic heterocycles. The lowest BCUT2D eigenvalue weighted by Crippen LogP contribution is -2.54. The summed E-state index contributed by atoms with van der Waals surface area (Å²) < 4.78 is 0. The van der Waals surface area contributed by atoms with Crippen LogP contribution in [-0.2, 0) is 11.2 Å². The highest BCUT2D eigenvalue weighted by Gasteiger charge is 2.27.